The summed E-state index contributed by atoms with van der Waals surface area (Å²) in [6, 6.07) is 24.5. The summed E-state index contributed by atoms with van der Waals surface area (Å²) >= 11 is 5.90. The summed E-state index contributed by atoms with van der Waals surface area (Å²) in [4.78, 5) is 14.3. The zero-order valence-corrected chi connectivity index (χ0v) is 16.2. The molecule has 0 radical (unpaired) electrons. The molecule has 1 amide bonds. The molecule has 1 aliphatic rings. The van der Waals surface area contributed by atoms with Crippen molar-refractivity contribution in [2.45, 2.75) is 25.5 Å². The molecule has 1 aliphatic heterocycles. The minimum atomic E-state index is -0.327. The SMILES string of the molecule is CC[C@@H]1OC(=O)N(c2ccc(Oc3ccc(Cl)cc3)cc2)[C@H]1c1ccccc1. The van der Waals surface area contributed by atoms with Gasteiger partial charge in [0.1, 0.15) is 23.6 Å². The number of benzene rings is 3. The van der Waals surface area contributed by atoms with E-state index >= 15 is 0 Å². The molecule has 0 unspecified atom stereocenters. The lowest BCUT2D eigenvalue weighted by atomic mass is 9.98. The molecule has 0 spiro atoms. The van der Waals surface area contributed by atoms with Crippen LogP contribution in [0.5, 0.6) is 11.5 Å². The van der Waals surface area contributed by atoms with E-state index in [-0.39, 0.29) is 18.2 Å². The maximum atomic E-state index is 12.6. The third-order valence-corrected chi connectivity index (χ3v) is 5.04. The molecular weight excluding hydrogens is 374 g/mol. The Morgan fingerprint density at radius 1 is 0.929 bits per heavy atom. The Labute approximate surface area is 169 Å². The highest BCUT2D eigenvalue weighted by atomic mass is 35.5. The Balaban J connectivity index is 1.59. The number of halogens is 1. The molecule has 0 aromatic heterocycles. The fraction of sp³-hybridized carbons (Fsp3) is 0.174. The third-order valence-electron chi connectivity index (χ3n) is 4.79. The molecule has 3 aromatic carbocycles. The van der Waals surface area contributed by atoms with E-state index in [4.69, 9.17) is 21.1 Å². The van der Waals surface area contributed by atoms with Crippen LogP contribution in [-0.2, 0) is 4.74 Å². The molecule has 3 aromatic rings. The fourth-order valence-electron chi connectivity index (χ4n) is 3.43. The Bertz CT molecular complexity index is 942. The zero-order valence-electron chi connectivity index (χ0n) is 15.4. The van der Waals surface area contributed by atoms with Crippen molar-refractivity contribution in [3.8, 4) is 11.5 Å². The Morgan fingerprint density at radius 2 is 1.54 bits per heavy atom. The first kappa shape index (κ1) is 18.4. The summed E-state index contributed by atoms with van der Waals surface area (Å²) in [5.74, 6) is 1.38. The standard InChI is InChI=1S/C23H20ClNO3/c1-2-21-22(16-6-4-3-5-7-16)25(23(26)28-21)18-10-14-20(15-11-18)27-19-12-8-17(24)9-13-19/h3-15,21-22H,2H2,1H3/t21-,22-/m0/s1. The van der Waals surface area contributed by atoms with Crippen molar-refractivity contribution in [1.82, 2.24) is 0 Å². The van der Waals surface area contributed by atoms with Gasteiger partial charge in [0.2, 0.25) is 0 Å². The Hall–Kier alpha value is -2.98. The molecule has 142 valence electrons. The third kappa shape index (κ3) is 3.69. The predicted molar refractivity (Wildman–Crippen MR) is 110 cm³/mol. The average molecular weight is 394 g/mol. The van der Waals surface area contributed by atoms with E-state index < -0.39 is 0 Å². The number of hydrogen-bond acceptors (Lipinski definition) is 3. The van der Waals surface area contributed by atoms with Gasteiger partial charge in [0.05, 0.1) is 0 Å². The van der Waals surface area contributed by atoms with Gasteiger partial charge in [0.15, 0.2) is 0 Å². The quantitative estimate of drug-likeness (QED) is 0.489. The van der Waals surface area contributed by atoms with Crippen molar-refractivity contribution >= 4 is 23.4 Å². The molecule has 0 aliphatic carbocycles. The first-order chi connectivity index (χ1) is 13.7. The van der Waals surface area contributed by atoms with Crippen molar-refractivity contribution in [1.29, 1.82) is 0 Å². The topological polar surface area (TPSA) is 38.8 Å². The molecule has 5 heteroatoms. The monoisotopic (exact) mass is 393 g/mol. The van der Waals surface area contributed by atoms with Gasteiger partial charge in [-0.25, -0.2) is 4.79 Å². The largest absolute Gasteiger partial charge is 0.457 e. The maximum absolute atomic E-state index is 12.6. The molecule has 4 rings (SSSR count). The highest BCUT2D eigenvalue weighted by Gasteiger charge is 2.42. The summed E-state index contributed by atoms with van der Waals surface area (Å²) in [5.41, 5.74) is 1.83. The molecule has 2 atom stereocenters. The van der Waals surface area contributed by atoms with E-state index in [0.29, 0.717) is 16.5 Å². The van der Waals surface area contributed by atoms with E-state index in [0.717, 1.165) is 17.7 Å². The van der Waals surface area contributed by atoms with Crippen LogP contribution in [0.4, 0.5) is 10.5 Å². The van der Waals surface area contributed by atoms with E-state index in [2.05, 4.69) is 0 Å². The molecule has 0 N–H and O–H groups in total. The van der Waals surface area contributed by atoms with Crippen LogP contribution < -0.4 is 9.64 Å². The summed E-state index contributed by atoms with van der Waals surface area (Å²) < 4.78 is 11.5. The minimum Gasteiger partial charge on any atom is -0.457 e. The fourth-order valence-corrected chi connectivity index (χ4v) is 3.56. The summed E-state index contributed by atoms with van der Waals surface area (Å²) in [6.07, 6.45) is 0.242. The molecule has 0 bridgehead atoms. The number of carbonyl (C=O) groups excluding carboxylic acids is 1. The molecule has 4 nitrogen and oxygen atoms in total. The van der Waals surface area contributed by atoms with Crippen LogP contribution in [0.2, 0.25) is 5.02 Å². The van der Waals surface area contributed by atoms with Crippen LogP contribution in [0.1, 0.15) is 24.9 Å². The molecule has 1 saturated heterocycles. The van der Waals surface area contributed by atoms with Crippen LogP contribution >= 0.6 is 11.6 Å². The van der Waals surface area contributed by atoms with Gasteiger partial charge in [-0.05, 0) is 60.5 Å². The summed E-state index contributed by atoms with van der Waals surface area (Å²) in [6.45, 7) is 2.03. The normalized spacial score (nSPS) is 18.8. The Morgan fingerprint density at radius 3 is 2.14 bits per heavy atom. The highest BCUT2D eigenvalue weighted by Crippen LogP contribution is 2.39. The van der Waals surface area contributed by atoms with Crippen molar-refractivity contribution in [3.63, 3.8) is 0 Å². The summed E-state index contributed by atoms with van der Waals surface area (Å²) in [5, 5.41) is 0.660. The second kappa shape index (κ2) is 7.95. The number of amides is 1. The number of nitrogens with zero attached hydrogens (tertiary/aromatic N) is 1. The lowest BCUT2D eigenvalue weighted by molar-refractivity contribution is 0.129. The van der Waals surface area contributed by atoms with Gasteiger partial charge in [-0.3, -0.25) is 4.90 Å². The van der Waals surface area contributed by atoms with Crippen molar-refractivity contribution in [2.75, 3.05) is 4.90 Å². The van der Waals surface area contributed by atoms with Gasteiger partial charge in [0, 0.05) is 10.7 Å². The molecule has 1 fully saturated rings. The lowest BCUT2D eigenvalue weighted by Crippen LogP contribution is -2.29. The van der Waals surface area contributed by atoms with Gasteiger partial charge < -0.3 is 9.47 Å². The predicted octanol–water partition coefficient (Wildman–Crippen LogP) is 6.61. The summed E-state index contributed by atoms with van der Waals surface area (Å²) in [7, 11) is 0. The number of anilines is 1. The van der Waals surface area contributed by atoms with Gasteiger partial charge in [-0.15, -0.1) is 0 Å². The van der Waals surface area contributed by atoms with Crippen LogP contribution in [0, 0.1) is 0 Å². The smallest absolute Gasteiger partial charge is 0.415 e. The minimum absolute atomic E-state index is 0.151. The van der Waals surface area contributed by atoms with Crippen LogP contribution in [0.3, 0.4) is 0 Å². The van der Waals surface area contributed by atoms with Crippen molar-refractivity contribution in [2.24, 2.45) is 0 Å². The average Bonchev–Trinajstić information content (AvgIpc) is 3.07. The van der Waals surface area contributed by atoms with Gasteiger partial charge in [0.25, 0.3) is 0 Å². The number of carbonyl (C=O) groups is 1. The molecule has 1 heterocycles. The van der Waals surface area contributed by atoms with E-state index in [9.17, 15) is 4.79 Å². The van der Waals surface area contributed by atoms with Crippen LogP contribution in [-0.4, -0.2) is 12.2 Å². The van der Waals surface area contributed by atoms with Gasteiger partial charge in [-0.1, -0.05) is 48.9 Å². The zero-order chi connectivity index (χ0) is 19.5. The lowest BCUT2D eigenvalue weighted by Gasteiger charge is -2.25. The molecule has 28 heavy (non-hydrogen) atoms. The number of ether oxygens (including phenoxy) is 2. The van der Waals surface area contributed by atoms with E-state index in [1.54, 1.807) is 17.0 Å². The molecular formula is C23H20ClNO3. The van der Waals surface area contributed by atoms with E-state index in [1.165, 1.54) is 0 Å². The number of hydrogen-bond donors (Lipinski definition) is 0. The van der Waals surface area contributed by atoms with Gasteiger partial charge >= 0.3 is 6.09 Å². The van der Waals surface area contributed by atoms with Crippen molar-refractivity contribution < 1.29 is 14.3 Å². The van der Waals surface area contributed by atoms with Crippen LogP contribution in [0.25, 0.3) is 0 Å². The highest BCUT2D eigenvalue weighted by molar-refractivity contribution is 6.30. The van der Waals surface area contributed by atoms with E-state index in [1.807, 2.05) is 73.7 Å². The first-order valence-electron chi connectivity index (χ1n) is 9.24. The number of rotatable bonds is 5. The number of cyclic esters (lactones) is 1. The molecule has 0 saturated carbocycles. The van der Waals surface area contributed by atoms with Crippen molar-refractivity contribution in [3.05, 3.63) is 89.4 Å². The van der Waals surface area contributed by atoms with Crippen LogP contribution in [0.15, 0.2) is 78.9 Å². The second-order valence-electron chi connectivity index (χ2n) is 6.61. The first-order valence-corrected chi connectivity index (χ1v) is 9.62. The maximum Gasteiger partial charge on any atom is 0.415 e. The van der Waals surface area contributed by atoms with Gasteiger partial charge in [-0.2, -0.15) is 0 Å². The Kier molecular flexibility index (Phi) is 5.22. The second-order valence-corrected chi connectivity index (χ2v) is 7.04.